The molecule has 6 nitrogen and oxygen atoms in total. The maximum atomic E-state index is 12.3. The summed E-state index contributed by atoms with van der Waals surface area (Å²) in [4.78, 5) is 16.8. The molecule has 0 spiro atoms. The molecule has 0 radical (unpaired) electrons. The van der Waals surface area contributed by atoms with Crippen LogP contribution in [0, 0.1) is 0 Å². The number of aromatic nitrogens is 4. The maximum absolute atomic E-state index is 12.3. The van der Waals surface area contributed by atoms with Gasteiger partial charge in [0.15, 0.2) is 9.50 Å². The molecule has 0 aliphatic carbocycles. The van der Waals surface area contributed by atoms with Crippen LogP contribution < -0.4 is 5.32 Å². The summed E-state index contributed by atoms with van der Waals surface area (Å²) < 4.78 is 2.83. The highest BCUT2D eigenvalue weighted by Crippen LogP contribution is 2.28. The van der Waals surface area contributed by atoms with E-state index >= 15 is 0 Å². The molecule has 4 rings (SSSR count). The Hall–Kier alpha value is -2.36. The van der Waals surface area contributed by atoms with Crippen molar-refractivity contribution in [3.63, 3.8) is 0 Å². The number of rotatable bonds is 7. The van der Waals surface area contributed by atoms with Gasteiger partial charge in [-0.2, -0.15) is 0 Å². The Bertz CT molecular complexity index is 1090. The second-order valence-electron chi connectivity index (χ2n) is 5.93. The van der Waals surface area contributed by atoms with Crippen LogP contribution in [0.25, 0.3) is 11.0 Å². The molecule has 28 heavy (non-hydrogen) atoms. The summed E-state index contributed by atoms with van der Waals surface area (Å²) in [6.07, 6.45) is 0. The quantitative estimate of drug-likeness (QED) is 0.347. The van der Waals surface area contributed by atoms with Gasteiger partial charge < -0.3 is 4.57 Å². The van der Waals surface area contributed by atoms with Crippen molar-refractivity contribution in [2.45, 2.75) is 15.2 Å². The van der Waals surface area contributed by atoms with Gasteiger partial charge in [-0.25, -0.2) is 4.98 Å². The minimum absolute atomic E-state index is 0.118. The van der Waals surface area contributed by atoms with E-state index in [-0.39, 0.29) is 11.7 Å². The Balaban J connectivity index is 1.30. The fourth-order valence-electron chi connectivity index (χ4n) is 2.58. The molecule has 0 bridgehead atoms. The van der Waals surface area contributed by atoms with E-state index in [1.807, 2.05) is 54.1 Å². The molecule has 0 atom stereocenters. The molecule has 2 aromatic carbocycles. The first-order valence-corrected chi connectivity index (χ1v) is 11.3. The van der Waals surface area contributed by atoms with E-state index < -0.39 is 0 Å². The molecule has 2 aromatic heterocycles. The van der Waals surface area contributed by atoms with Crippen LogP contribution >= 0.6 is 34.9 Å². The fraction of sp³-hybridized carbons (Fsp3) is 0.158. The molecule has 0 saturated carbocycles. The fourth-order valence-corrected chi connectivity index (χ4v) is 5.09. The third-order valence-corrected chi connectivity index (χ3v) is 7.01. The molecule has 0 unspecified atom stereocenters. The monoisotopic (exact) mass is 427 g/mol. The topological polar surface area (TPSA) is 72.7 Å². The number of para-hydroxylation sites is 2. The van der Waals surface area contributed by atoms with Crippen molar-refractivity contribution >= 4 is 56.9 Å². The van der Waals surface area contributed by atoms with Gasteiger partial charge in [0.05, 0.1) is 16.8 Å². The van der Waals surface area contributed by atoms with Gasteiger partial charge in [0.2, 0.25) is 11.0 Å². The van der Waals surface area contributed by atoms with Crippen LogP contribution in [0.3, 0.4) is 0 Å². The summed E-state index contributed by atoms with van der Waals surface area (Å²) in [5.41, 5.74) is 3.21. The number of nitrogens with zero attached hydrogens (tertiary/aromatic N) is 4. The Kier molecular flexibility index (Phi) is 5.94. The van der Waals surface area contributed by atoms with Crippen molar-refractivity contribution < 1.29 is 4.79 Å². The van der Waals surface area contributed by atoms with Crippen molar-refractivity contribution in [2.75, 3.05) is 11.1 Å². The summed E-state index contributed by atoms with van der Waals surface area (Å²) >= 11 is 4.40. The molecule has 0 aliphatic heterocycles. The Labute approximate surface area is 174 Å². The first-order valence-electron chi connectivity index (χ1n) is 8.53. The van der Waals surface area contributed by atoms with Crippen molar-refractivity contribution in [3.05, 3.63) is 60.2 Å². The number of thioether (sulfide) groups is 2. The molecule has 0 saturated heterocycles. The van der Waals surface area contributed by atoms with Gasteiger partial charge in [-0.1, -0.05) is 77.3 Å². The summed E-state index contributed by atoms with van der Waals surface area (Å²) in [5, 5.41) is 12.4. The highest BCUT2D eigenvalue weighted by molar-refractivity contribution is 8.00. The second-order valence-corrected chi connectivity index (χ2v) is 9.07. The number of anilines is 1. The van der Waals surface area contributed by atoms with Crippen LogP contribution in [0.15, 0.2) is 64.1 Å². The number of benzene rings is 2. The molecular formula is C19H17N5OS3. The van der Waals surface area contributed by atoms with Gasteiger partial charge in [0, 0.05) is 12.8 Å². The van der Waals surface area contributed by atoms with Crippen LogP contribution in [0.2, 0.25) is 0 Å². The average molecular weight is 428 g/mol. The molecule has 1 N–H and O–H groups in total. The molecule has 4 aromatic rings. The zero-order chi connectivity index (χ0) is 19.3. The minimum Gasteiger partial charge on any atom is -0.322 e. The zero-order valence-corrected chi connectivity index (χ0v) is 17.5. The molecule has 142 valence electrons. The highest BCUT2D eigenvalue weighted by Gasteiger charge is 2.12. The summed E-state index contributed by atoms with van der Waals surface area (Å²) in [7, 11) is 1.95. The number of hydrogen-bond donors (Lipinski definition) is 1. The lowest BCUT2D eigenvalue weighted by Gasteiger charge is -2.02. The van der Waals surface area contributed by atoms with E-state index in [0.29, 0.717) is 5.13 Å². The van der Waals surface area contributed by atoms with E-state index in [0.717, 1.165) is 26.3 Å². The number of nitrogens with one attached hydrogen (secondary N) is 1. The number of amides is 1. The first-order chi connectivity index (χ1) is 13.7. The van der Waals surface area contributed by atoms with Gasteiger partial charge in [-0.05, 0) is 17.7 Å². The van der Waals surface area contributed by atoms with Gasteiger partial charge >= 0.3 is 0 Å². The maximum Gasteiger partial charge on any atom is 0.236 e. The SMILES string of the molecule is Cn1c(SCC(=O)Nc2nnc(SCc3ccccc3)s2)nc2ccccc21. The van der Waals surface area contributed by atoms with Gasteiger partial charge in [0.25, 0.3) is 0 Å². The molecule has 0 fully saturated rings. The van der Waals surface area contributed by atoms with E-state index in [9.17, 15) is 4.79 Å². The summed E-state index contributed by atoms with van der Waals surface area (Å²) in [5.74, 6) is 0.975. The average Bonchev–Trinajstić information content (AvgIpc) is 3.30. The normalized spacial score (nSPS) is 11.0. The van der Waals surface area contributed by atoms with Crippen molar-refractivity contribution in [1.82, 2.24) is 19.7 Å². The third-order valence-electron chi connectivity index (χ3n) is 3.94. The zero-order valence-electron chi connectivity index (χ0n) is 15.0. The smallest absolute Gasteiger partial charge is 0.236 e. The Morgan fingerprint density at radius 3 is 2.68 bits per heavy atom. The second kappa shape index (κ2) is 8.76. The van der Waals surface area contributed by atoms with E-state index in [1.165, 1.54) is 28.7 Å². The summed E-state index contributed by atoms with van der Waals surface area (Å²) in [6, 6.07) is 18.1. The number of hydrogen-bond acceptors (Lipinski definition) is 7. The van der Waals surface area contributed by atoms with Crippen molar-refractivity contribution in [3.8, 4) is 0 Å². The predicted molar refractivity (Wildman–Crippen MR) is 116 cm³/mol. The van der Waals surface area contributed by atoms with Crippen LogP contribution in [0.1, 0.15) is 5.56 Å². The number of carbonyl (C=O) groups is 1. The van der Waals surface area contributed by atoms with Crippen LogP contribution in [0.5, 0.6) is 0 Å². The molecule has 1 amide bonds. The lowest BCUT2D eigenvalue weighted by Crippen LogP contribution is -2.14. The highest BCUT2D eigenvalue weighted by atomic mass is 32.2. The number of fused-ring (bicyclic) bond motifs is 1. The van der Waals surface area contributed by atoms with Gasteiger partial charge in [0.1, 0.15) is 0 Å². The number of carbonyl (C=O) groups excluding carboxylic acids is 1. The van der Waals surface area contributed by atoms with Gasteiger partial charge in [-0.3, -0.25) is 10.1 Å². The lowest BCUT2D eigenvalue weighted by atomic mass is 10.2. The largest absolute Gasteiger partial charge is 0.322 e. The molecule has 2 heterocycles. The summed E-state index contributed by atoms with van der Waals surface area (Å²) in [6.45, 7) is 0. The number of aryl methyl sites for hydroxylation is 1. The van der Waals surface area contributed by atoms with E-state index in [2.05, 4.69) is 32.6 Å². The molecular weight excluding hydrogens is 410 g/mol. The molecule has 9 heteroatoms. The van der Waals surface area contributed by atoms with Crippen molar-refractivity contribution in [1.29, 1.82) is 0 Å². The Morgan fingerprint density at radius 1 is 1.07 bits per heavy atom. The predicted octanol–water partition coefficient (Wildman–Crippen LogP) is 4.45. The molecule has 0 aliphatic rings. The van der Waals surface area contributed by atoms with E-state index in [4.69, 9.17) is 0 Å². The van der Waals surface area contributed by atoms with E-state index in [1.54, 1.807) is 11.8 Å². The Morgan fingerprint density at radius 2 is 1.86 bits per heavy atom. The minimum atomic E-state index is -0.118. The standard InChI is InChI=1S/C19H17N5OS3/c1-24-15-10-6-5-9-14(15)20-18(24)26-12-16(25)21-17-22-23-19(28-17)27-11-13-7-3-2-4-8-13/h2-10H,11-12H2,1H3,(H,21,22,25). The third kappa shape index (κ3) is 4.54. The van der Waals surface area contributed by atoms with Crippen molar-refractivity contribution in [2.24, 2.45) is 7.05 Å². The first kappa shape index (κ1) is 19.0. The lowest BCUT2D eigenvalue weighted by molar-refractivity contribution is -0.113. The van der Waals surface area contributed by atoms with Crippen LogP contribution in [-0.4, -0.2) is 31.4 Å². The van der Waals surface area contributed by atoms with Crippen LogP contribution in [0.4, 0.5) is 5.13 Å². The number of imidazole rings is 1. The van der Waals surface area contributed by atoms with Crippen LogP contribution in [-0.2, 0) is 17.6 Å². The van der Waals surface area contributed by atoms with Gasteiger partial charge in [-0.15, -0.1) is 10.2 Å².